The SMILES string of the molecule is CCOC(=O)c1cnn(-c2nnc(C)s2)c1N. The first-order valence-corrected chi connectivity index (χ1v) is 5.76. The lowest BCUT2D eigenvalue weighted by Crippen LogP contribution is -2.08. The Balaban J connectivity index is 2.36. The number of aryl methyl sites for hydroxylation is 1. The molecule has 0 atom stereocenters. The molecule has 0 bridgehead atoms. The molecule has 0 aliphatic heterocycles. The normalized spacial score (nSPS) is 10.5. The predicted octanol–water partition coefficient (Wildman–Crippen LogP) is 0.791. The molecule has 0 fully saturated rings. The smallest absolute Gasteiger partial charge is 0.343 e. The third-order valence-corrected chi connectivity index (χ3v) is 2.81. The lowest BCUT2D eigenvalue weighted by molar-refractivity contribution is 0.0527. The fourth-order valence-corrected chi connectivity index (χ4v) is 1.91. The molecule has 0 amide bonds. The molecule has 2 N–H and O–H groups in total. The van der Waals surface area contributed by atoms with Gasteiger partial charge in [-0.15, -0.1) is 10.2 Å². The summed E-state index contributed by atoms with van der Waals surface area (Å²) in [6.45, 7) is 3.85. The summed E-state index contributed by atoms with van der Waals surface area (Å²) in [6.07, 6.45) is 1.37. The Hall–Kier alpha value is -1.96. The molecule has 0 saturated carbocycles. The monoisotopic (exact) mass is 253 g/mol. The van der Waals surface area contributed by atoms with Gasteiger partial charge in [0.25, 0.3) is 0 Å². The van der Waals surface area contributed by atoms with Gasteiger partial charge in [0.1, 0.15) is 16.4 Å². The van der Waals surface area contributed by atoms with Gasteiger partial charge < -0.3 is 10.5 Å². The van der Waals surface area contributed by atoms with Gasteiger partial charge in [-0.1, -0.05) is 11.3 Å². The minimum atomic E-state index is -0.488. The van der Waals surface area contributed by atoms with Crippen LogP contribution < -0.4 is 5.73 Å². The summed E-state index contributed by atoms with van der Waals surface area (Å²) in [4.78, 5) is 11.5. The van der Waals surface area contributed by atoms with E-state index in [2.05, 4.69) is 15.3 Å². The number of nitrogens with two attached hydrogens (primary N) is 1. The molecule has 0 spiro atoms. The Kier molecular flexibility index (Phi) is 3.05. The number of carbonyl (C=O) groups excluding carboxylic acids is 1. The average molecular weight is 253 g/mol. The molecule has 2 rings (SSSR count). The van der Waals surface area contributed by atoms with E-state index in [1.807, 2.05) is 6.92 Å². The first-order chi connectivity index (χ1) is 8.13. The Bertz CT molecular complexity index is 547. The minimum Gasteiger partial charge on any atom is -0.462 e. The van der Waals surface area contributed by atoms with Gasteiger partial charge in [0, 0.05) is 0 Å². The van der Waals surface area contributed by atoms with E-state index < -0.39 is 5.97 Å². The van der Waals surface area contributed by atoms with Crippen molar-refractivity contribution < 1.29 is 9.53 Å². The number of carbonyl (C=O) groups is 1. The third kappa shape index (κ3) is 2.11. The van der Waals surface area contributed by atoms with Crippen LogP contribution in [0.15, 0.2) is 6.20 Å². The minimum absolute atomic E-state index is 0.208. The van der Waals surface area contributed by atoms with Crippen LogP contribution in [0.2, 0.25) is 0 Å². The zero-order valence-corrected chi connectivity index (χ0v) is 10.2. The van der Waals surface area contributed by atoms with E-state index in [4.69, 9.17) is 10.5 Å². The summed E-state index contributed by atoms with van der Waals surface area (Å²) in [5.74, 6) is -0.280. The average Bonchev–Trinajstić information content (AvgIpc) is 2.85. The van der Waals surface area contributed by atoms with E-state index >= 15 is 0 Å². The largest absolute Gasteiger partial charge is 0.462 e. The van der Waals surface area contributed by atoms with Crippen molar-refractivity contribution in [3.05, 3.63) is 16.8 Å². The van der Waals surface area contributed by atoms with Crippen molar-refractivity contribution in [3.8, 4) is 5.13 Å². The summed E-state index contributed by atoms with van der Waals surface area (Å²) in [6, 6.07) is 0. The second-order valence-electron chi connectivity index (χ2n) is 3.18. The molecule has 2 aromatic heterocycles. The summed E-state index contributed by atoms with van der Waals surface area (Å²) in [7, 11) is 0. The highest BCUT2D eigenvalue weighted by Crippen LogP contribution is 2.20. The van der Waals surface area contributed by atoms with Crippen LogP contribution in [0.5, 0.6) is 0 Å². The van der Waals surface area contributed by atoms with E-state index in [0.29, 0.717) is 11.7 Å². The number of nitrogen functional groups attached to an aromatic ring is 1. The third-order valence-electron chi connectivity index (χ3n) is 2.00. The highest BCUT2D eigenvalue weighted by atomic mass is 32.1. The Morgan fingerprint density at radius 3 is 2.94 bits per heavy atom. The number of ether oxygens (including phenoxy) is 1. The van der Waals surface area contributed by atoms with E-state index in [9.17, 15) is 4.79 Å². The number of hydrogen-bond donors (Lipinski definition) is 1. The molecule has 2 heterocycles. The number of aromatic nitrogens is 4. The van der Waals surface area contributed by atoms with Crippen molar-refractivity contribution in [2.24, 2.45) is 0 Å². The van der Waals surface area contributed by atoms with Crippen LogP contribution in [0.1, 0.15) is 22.3 Å². The molecular formula is C9H11N5O2S. The summed E-state index contributed by atoms with van der Waals surface area (Å²) < 4.78 is 6.23. The van der Waals surface area contributed by atoms with Gasteiger partial charge in [-0.25, -0.2) is 4.79 Å². The van der Waals surface area contributed by atoms with Crippen molar-refractivity contribution >= 4 is 23.1 Å². The van der Waals surface area contributed by atoms with Crippen molar-refractivity contribution in [1.82, 2.24) is 20.0 Å². The molecule has 0 unspecified atom stereocenters. The number of rotatable bonds is 3. The van der Waals surface area contributed by atoms with Crippen LogP contribution in [0.4, 0.5) is 5.82 Å². The predicted molar refractivity (Wildman–Crippen MR) is 62.1 cm³/mol. The van der Waals surface area contributed by atoms with Gasteiger partial charge in [0.15, 0.2) is 0 Å². The second-order valence-corrected chi connectivity index (χ2v) is 4.34. The van der Waals surface area contributed by atoms with Gasteiger partial charge >= 0.3 is 5.97 Å². The summed E-state index contributed by atoms with van der Waals surface area (Å²) in [5, 5.41) is 13.1. The van der Waals surface area contributed by atoms with E-state index in [0.717, 1.165) is 5.01 Å². The molecule has 2 aromatic rings. The highest BCUT2D eigenvalue weighted by molar-refractivity contribution is 7.13. The standard InChI is InChI=1S/C9H11N5O2S/c1-3-16-8(15)6-4-11-14(7(6)10)9-13-12-5(2)17-9/h4H,3,10H2,1-2H3. The zero-order chi connectivity index (χ0) is 12.4. The maximum absolute atomic E-state index is 11.5. The maximum Gasteiger partial charge on any atom is 0.343 e. The molecule has 8 heteroatoms. The van der Waals surface area contributed by atoms with E-state index in [1.165, 1.54) is 22.2 Å². The Morgan fingerprint density at radius 2 is 2.35 bits per heavy atom. The molecule has 17 heavy (non-hydrogen) atoms. The van der Waals surface area contributed by atoms with Crippen molar-refractivity contribution in [3.63, 3.8) is 0 Å². The van der Waals surface area contributed by atoms with Crippen molar-refractivity contribution in [2.75, 3.05) is 12.3 Å². The zero-order valence-electron chi connectivity index (χ0n) is 9.38. The first kappa shape index (κ1) is 11.5. The highest BCUT2D eigenvalue weighted by Gasteiger charge is 2.18. The van der Waals surface area contributed by atoms with Crippen LogP contribution in [-0.4, -0.2) is 32.6 Å². The molecule has 0 aliphatic carbocycles. The number of nitrogens with zero attached hydrogens (tertiary/aromatic N) is 4. The lowest BCUT2D eigenvalue weighted by Gasteiger charge is -2.01. The Labute approximate surface area is 101 Å². The van der Waals surface area contributed by atoms with Gasteiger partial charge in [0.05, 0.1) is 12.8 Å². The quantitative estimate of drug-likeness (QED) is 0.812. The van der Waals surface area contributed by atoms with Crippen LogP contribution in [0.25, 0.3) is 5.13 Å². The van der Waals surface area contributed by atoms with Gasteiger partial charge in [-0.3, -0.25) is 0 Å². The molecular weight excluding hydrogens is 242 g/mol. The summed E-state index contributed by atoms with van der Waals surface area (Å²) in [5.41, 5.74) is 6.05. The number of esters is 1. The molecule has 0 saturated heterocycles. The maximum atomic E-state index is 11.5. The second kappa shape index (κ2) is 4.50. The fraction of sp³-hybridized carbons (Fsp3) is 0.333. The van der Waals surface area contributed by atoms with Crippen molar-refractivity contribution in [1.29, 1.82) is 0 Å². The topological polar surface area (TPSA) is 95.9 Å². The van der Waals surface area contributed by atoms with Crippen LogP contribution in [0, 0.1) is 6.92 Å². The van der Waals surface area contributed by atoms with Crippen LogP contribution in [-0.2, 0) is 4.74 Å². The molecule has 7 nitrogen and oxygen atoms in total. The van der Waals surface area contributed by atoms with Gasteiger partial charge in [-0.05, 0) is 13.8 Å². The molecule has 0 aliphatic rings. The van der Waals surface area contributed by atoms with Crippen LogP contribution >= 0.6 is 11.3 Å². The molecule has 90 valence electrons. The van der Waals surface area contributed by atoms with Crippen molar-refractivity contribution in [2.45, 2.75) is 13.8 Å². The number of anilines is 1. The first-order valence-electron chi connectivity index (χ1n) is 4.94. The summed E-state index contributed by atoms with van der Waals surface area (Å²) >= 11 is 1.34. The molecule has 0 radical (unpaired) electrons. The lowest BCUT2D eigenvalue weighted by atomic mass is 10.3. The number of hydrogen-bond acceptors (Lipinski definition) is 7. The van der Waals surface area contributed by atoms with E-state index in [-0.39, 0.29) is 11.4 Å². The van der Waals surface area contributed by atoms with Gasteiger partial charge in [0.2, 0.25) is 5.13 Å². The van der Waals surface area contributed by atoms with E-state index in [1.54, 1.807) is 6.92 Å². The van der Waals surface area contributed by atoms with Crippen LogP contribution in [0.3, 0.4) is 0 Å². The Morgan fingerprint density at radius 1 is 1.59 bits per heavy atom. The fourth-order valence-electron chi connectivity index (χ4n) is 1.25. The molecule has 0 aromatic carbocycles. The van der Waals surface area contributed by atoms with Gasteiger partial charge in [-0.2, -0.15) is 9.78 Å².